The van der Waals surface area contributed by atoms with Crippen molar-refractivity contribution in [3.63, 3.8) is 0 Å². The van der Waals surface area contributed by atoms with E-state index in [1.807, 2.05) is 0 Å². The van der Waals surface area contributed by atoms with Crippen molar-refractivity contribution in [2.45, 2.75) is 0 Å². The van der Waals surface area contributed by atoms with Gasteiger partial charge in [-0.05, 0) is 81.6 Å². The minimum absolute atomic E-state index is 0.927. The van der Waals surface area contributed by atoms with Gasteiger partial charge in [0.05, 0.1) is 28.1 Å². The summed E-state index contributed by atoms with van der Waals surface area (Å²) in [6, 6.07) is 79.7. The van der Waals surface area contributed by atoms with Crippen LogP contribution in [-0.4, -0.2) is 9.97 Å². The normalized spacial score (nSPS) is 11.4. The molecular formula is C56H37N3. The maximum Gasteiger partial charge on any atom is 0.0956 e. The number of fused-ring (bicyclic) bond motifs is 6. The fraction of sp³-hybridized carbons (Fsp3) is 0. The maximum atomic E-state index is 5.67. The van der Waals surface area contributed by atoms with Crippen molar-refractivity contribution in [3.8, 4) is 44.8 Å². The molecule has 2 heterocycles. The molecule has 0 radical (unpaired) electrons. The third kappa shape index (κ3) is 6.08. The molecule has 276 valence electrons. The Labute approximate surface area is 343 Å². The van der Waals surface area contributed by atoms with E-state index in [1.165, 1.54) is 16.5 Å². The molecule has 0 spiro atoms. The molecule has 2 aromatic heterocycles. The Morgan fingerprint density at radius 1 is 0.322 bits per heavy atom. The Balaban J connectivity index is 1.19. The topological polar surface area (TPSA) is 29.0 Å². The van der Waals surface area contributed by atoms with Gasteiger partial charge in [0, 0.05) is 44.0 Å². The van der Waals surface area contributed by atoms with Gasteiger partial charge in [-0.2, -0.15) is 0 Å². The zero-order chi connectivity index (χ0) is 39.1. The molecule has 59 heavy (non-hydrogen) atoms. The van der Waals surface area contributed by atoms with Gasteiger partial charge in [-0.15, -0.1) is 0 Å². The van der Waals surface area contributed by atoms with Crippen molar-refractivity contribution >= 4 is 60.4 Å². The first kappa shape index (κ1) is 34.4. The number of rotatable bonds is 7. The van der Waals surface area contributed by atoms with E-state index in [0.717, 1.165) is 88.7 Å². The molecule has 3 heteroatoms. The fourth-order valence-corrected chi connectivity index (χ4v) is 8.69. The summed E-state index contributed by atoms with van der Waals surface area (Å²) >= 11 is 0. The van der Waals surface area contributed by atoms with Crippen LogP contribution >= 0.6 is 0 Å². The summed E-state index contributed by atoms with van der Waals surface area (Å²) in [6.07, 6.45) is 0. The summed E-state index contributed by atoms with van der Waals surface area (Å²) in [6.45, 7) is 0. The molecule has 11 rings (SSSR count). The van der Waals surface area contributed by atoms with E-state index in [2.05, 4.69) is 229 Å². The quantitative estimate of drug-likeness (QED) is 0.152. The van der Waals surface area contributed by atoms with Gasteiger partial charge in [-0.25, -0.2) is 9.97 Å². The summed E-state index contributed by atoms with van der Waals surface area (Å²) in [5, 5.41) is 6.80. The van der Waals surface area contributed by atoms with E-state index in [0.29, 0.717) is 0 Å². The molecule has 0 atom stereocenters. The lowest BCUT2D eigenvalue weighted by Crippen LogP contribution is -2.11. The highest BCUT2D eigenvalue weighted by Crippen LogP contribution is 2.46. The van der Waals surface area contributed by atoms with Gasteiger partial charge in [0.2, 0.25) is 0 Å². The van der Waals surface area contributed by atoms with Crippen LogP contribution in [0.15, 0.2) is 224 Å². The molecule has 9 aromatic carbocycles. The van der Waals surface area contributed by atoms with Crippen LogP contribution in [0, 0.1) is 0 Å². The SMILES string of the molecule is c1ccc(-c2ccc(-c3cc(-c4cc5c(-c6ccccc6)nc6c(N(c7ccccc7)c7ccccc7)cccc6c5c5ccccc45)nc4ccccc34)cc2)cc1. The van der Waals surface area contributed by atoms with Crippen molar-refractivity contribution in [1.82, 2.24) is 9.97 Å². The first-order chi connectivity index (χ1) is 29.3. The standard InChI is InChI=1S/C56H37N3/c1-5-18-38(19-6-1)39-32-34-40(35-33-39)48-37-52(57-51-30-16-15-27-45(48)51)49-36-50-54(46-28-14-13-26-44(46)49)47-29-17-31-53(56(47)58-55(50)41-20-7-2-8-21-41)59(42-22-9-3-10-23-42)43-24-11-4-12-25-43/h1-37H. The van der Waals surface area contributed by atoms with Crippen molar-refractivity contribution in [2.24, 2.45) is 0 Å². The number of para-hydroxylation sites is 4. The predicted molar refractivity (Wildman–Crippen MR) is 248 cm³/mol. The number of hydrogen-bond acceptors (Lipinski definition) is 3. The predicted octanol–water partition coefficient (Wildman–Crippen LogP) is 15.2. The second kappa shape index (κ2) is 14.6. The van der Waals surface area contributed by atoms with Crippen LogP contribution in [0.5, 0.6) is 0 Å². The van der Waals surface area contributed by atoms with Gasteiger partial charge in [-0.1, -0.05) is 176 Å². The van der Waals surface area contributed by atoms with Crippen LogP contribution < -0.4 is 4.90 Å². The summed E-state index contributed by atoms with van der Waals surface area (Å²) < 4.78 is 0. The van der Waals surface area contributed by atoms with Crippen LogP contribution in [0.25, 0.3) is 88.1 Å². The van der Waals surface area contributed by atoms with Crippen molar-refractivity contribution < 1.29 is 0 Å². The third-order valence-corrected chi connectivity index (χ3v) is 11.4. The van der Waals surface area contributed by atoms with E-state index >= 15 is 0 Å². The molecule has 0 bridgehead atoms. The molecule has 0 aliphatic heterocycles. The van der Waals surface area contributed by atoms with E-state index in [9.17, 15) is 0 Å². The van der Waals surface area contributed by atoms with Crippen LogP contribution in [0.4, 0.5) is 17.1 Å². The Kier molecular flexibility index (Phi) is 8.49. The molecule has 0 N–H and O–H groups in total. The largest absolute Gasteiger partial charge is 0.308 e. The molecule has 0 fully saturated rings. The van der Waals surface area contributed by atoms with Crippen LogP contribution in [0.2, 0.25) is 0 Å². The van der Waals surface area contributed by atoms with Gasteiger partial charge >= 0.3 is 0 Å². The number of aromatic nitrogens is 2. The lowest BCUT2D eigenvalue weighted by Gasteiger charge is -2.27. The first-order valence-corrected chi connectivity index (χ1v) is 20.1. The highest BCUT2D eigenvalue weighted by molar-refractivity contribution is 6.26. The van der Waals surface area contributed by atoms with Crippen molar-refractivity contribution in [1.29, 1.82) is 0 Å². The van der Waals surface area contributed by atoms with E-state index in [1.54, 1.807) is 0 Å². The molecule has 3 nitrogen and oxygen atoms in total. The Morgan fingerprint density at radius 2 is 0.847 bits per heavy atom. The average Bonchev–Trinajstić information content (AvgIpc) is 3.32. The summed E-state index contributed by atoms with van der Waals surface area (Å²) in [7, 11) is 0. The Hall–Kier alpha value is -7.88. The molecule has 0 aliphatic carbocycles. The summed E-state index contributed by atoms with van der Waals surface area (Å²) in [5.41, 5.74) is 13.8. The van der Waals surface area contributed by atoms with Gasteiger partial charge in [0.25, 0.3) is 0 Å². The van der Waals surface area contributed by atoms with Crippen LogP contribution in [-0.2, 0) is 0 Å². The smallest absolute Gasteiger partial charge is 0.0956 e. The summed E-state index contributed by atoms with van der Waals surface area (Å²) in [5.74, 6) is 0. The number of nitrogens with zero attached hydrogens (tertiary/aromatic N) is 3. The van der Waals surface area contributed by atoms with Crippen LogP contribution in [0.1, 0.15) is 0 Å². The lowest BCUT2D eigenvalue weighted by atomic mass is 9.89. The molecule has 0 amide bonds. The highest BCUT2D eigenvalue weighted by Gasteiger charge is 2.22. The van der Waals surface area contributed by atoms with Crippen molar-refractivity contribution in [2.75, 3.05) is 4.90 Å². The van der Waals surface area contributed by atoms with Gasteiger partial charge in [0.1, 0.15) is 0 Å². The number of hydrogen-bond donors (Lipinski definition) is 0. The van der Waals surface area contributed by atoms with E-state index < -0.39 is 0 Å². The van der Waals surface area contributed by atoms with E-state index in [-0.39, 0.29) is 0 Å². The first-order valence-electron chi connectivity index (χ1n) is 20.1. The minimum Gasteiger partial charge on any atom is -0.308 e. The molecular weight excluding hydrogens is 715 g/mol. The highest BCUT2D eigenvalue weighted by atomic mass is 15.1. The monoisotopic (exact) mass is 751 g/mol. The zero-order valence-corrected chi connectivity index (χ0v) is 32.2. The van der Waals surface area contributed by atoms with Crippen molar-refractivity contribution in [3.05, 3.63) is 224 Å². The number of benzene rings is 9. The molecule has 0 aliphatic rings. The van der Waals surface area contributed by atoms with Gasteiger partial charge < -0.3 is 4.90 Å². The Bertz CT molecular complexity index is 3250. The lowest BCUT2D eigenvalue weighted by molar-refractivity contribution is 1.28. The fourth-order valence-electron chi connectivity index (χ4n) is 8.69. The average molecular weight is 752 g/mol. The molecule has 0 saturated heterocycles. The zero-order valence-electron chi connectivity index (χ0n) is 32.2. The second-order valence-corrected chi connectivity index (χ2v) is 14.9. The molecule has 0 saturated carbocycles. The molecule has 11 aromatic rings. The third-order valence-electron chi connectivity index (χ3n) is 11.4. The minimum atomic E-state index is 0.927. The summed E-state index contributed by atoms with van der Waals surface area (Å²) in [4.78, 5) is 13.4. The van der Waals surface area contributed by atoms with Crippen LogP contribution in [0.3, 0.4) is 0 Å². The second-order valence-electron chi connectivity index (χ2n) is 14.9. The van der Waals surface area contributed by atoms with Gasteiger partial charge in [0.15, 0.2) is 0 Å². The van der Waals surface area contributed by atoms with E-state index in [4.69, 9.17) is 9.97 Å². The number of pyridine rings is 2. The van der Waals surface area contributed by atoms with Gasteiger partial charge in [-0.3, -0.25) is 0 Å². The Morgan fingerprint density at radius 3 is 1.53 bits per heavy atom. The number of anilines is 3. The maximum absolute atomic E-state index is 5.67. The molecule has 0 unspecified atom stereocenters.